The van der Waals surface area contributed by atoms with Gasteiger partial charge in [-0.2, -0.15) is 18.3 Å². The number of amides is 1. The molecule has 0 saturated heterocycles. The van der Waals surface area contributed by atoms with Crippen molar-refractivity contribution in [3.63, 3.8) is 0 Å². The van der Waals surface area contributed by atoms with E-state index in [4.69, 9.17) is 0 Å². The highest BCUT2D eigenvalue weighted by atomic mass is 32.1. The van der Waals surface area contributed by atoms with E-state index in [9.17, 15) is 18.0 Å². The molecule has 0 bridgehead atoms. The van der Waals surface area contributed by atoms with E-state index >= 15 is 0 Å². The molecular formula is C21H17F3N6OS. The number of nitrogens with one attached hydrogen (secondary N) is 2. The number of carbonyl (C=O) groups excluding carboxylic acids is 1. The molecule has 5 rings (SSSR count). The van der Waals surface area contributed by atoms with E-state index in [-0.39, 0.29) is 17.7 Å². The minimum atomic E-state index is -4.60. The predicted molar refractivity (Wildman–Crippen MR) is 112 cm³/mol. The van der Waals surface area contributed by atoms with Crippen LogP contribution in [0.3, 0.4) is 0 Å². The highest BCUT2D eigenvalue weighted by Gasteiger charge is 2.34. The van der Waals surface area contributed by atoms with Crippen LogP contribution in [0.1, 0.15) is 44.3 Å². The molecule has 0 spiro atoms. The van der Waals surface area contributed by atoms with Gasteiger partial charge in [-0.05, 0) is 37.3 Å². The molecule has 32 heavy (non-hydrogen) atoms. The van der Waals surface area contributed by atoms with Crippen molar-refractivity contribution in [2.24, 2.45) is 0 Å². The number of aryl methyl sites for hydroxylation is 2. The van der Waals surface area contributed by atoms with Crippen LogP contribution in [0, 0.1) is 0 Å². The summed E-state index contributed by atoms with van der Waals surface area (Å²) in [5.41, 5.74) is 1.14. The van der Waals surface area contributed by atoms with Gasteiger partial charge in [-0.25, -0.2) is 15.0 Å². The Morgan fingerprint density at radius 2 is 2.03 bits per heavy atom. The van der Waals surface area contributed by atoms with Crippen molar-refractivity contribution < 1.29 is 18.0 Å². The molecule has 11 heteroatoms. The van der Waals surface area contributed by atoms with Crippen molar-refractivity contribution in [3.8, 4) is 11.3 Å². The van der Waals surface area contributed by atoms with E-state index in [1.165, 1.54) is 29.9 Å². The highest BCUT2D eigenvalue weighted by molar-refractivity contribution is 7.13. The molecule has 0 aliphatic heterocycles. The fourth-order valence-electron chi connectivity index (χ4n) is 3.84. The molecule has 1 aromatic carbocycles. The molecule has 0 unspecified atom stereocenters. The fraction of sp³-hybridized carbons (Fsp3) is 0.286. The normalized spacial score (nSPS) is 13.8. The smallest absolute Gasteiger partial charge is 0.346 e. The summed E-state index contributed by atoms with van der Waals surface area (Å²) in [6.45, 7) is -0.261. The lowest BCUT2D eigenvalue weighted by Gasteiger charge is -2.15. The number of aromatic nitrogens is 5. The lowest BCUT2D eigenvalue weighted by atomic mass is 10.0. The maximum atomic E-state index is 13.8. The number of hydrogen-bond acceptors (Lipinski definition) is 6. The van der Waals surface area contributed by atoms with Crippen LogP contribution in [0.2, 0.25) is 0 Å². The Hall–Kier alpha value is -3.34. The lowest BCUT2D eigenvalue weighted by Crippen LogP contribution is -2.24. The van der Waals surface area contributed by atoms with E-state index in [0.29, 0.717) is 21.7 Å². The van der Waals surface area contributed by atoms with Crippen LogP contribution in [-0.2, 0) is 25.6 Å². The van der Waals surface area contributed by atoms with Crippen LogP contribution in [0.5, 0.6) is 0 Å². The highest BCUT2D eigenvalue weighted by Crippen LogP contribution is 2.36. The van der Waals surface area contributed by atoms with Gasteiger partial charge in [0.25, 0.3) is 5.91 Å². The molecule has 1 amide bonds. The molecule has 7 nitrogen and oxygen atoms in total. The second-order valence-electron chi connectivity index (χ2n) is 7.50. The van der Waals surface area contributed by atoms with Crippen LogP contribution in [-0.4, -0.2) is 31.1 Å². The molecular weight excluding hydrogens is 441 g/mol. The quantitative estimate of drug-likeness (QED) is 0.475. The average Bonchev–Trinajstić information content (AvgIpc) is 3.43. The number of alkyl halides is 3. The molecule has 4 aromatic rings. The summed E-state index contributed by atoms with van der Waals surface area (Å²) in [7, 11) is 0. The Morgan fingerprint density at radius 1 is 1.19 bits per heavy atom. The second kappa shape index (κ2) is 7.97. The van der Waals surface area contributed by atoms with Crippen LogP contribution < -0.4 is 5.32 Å². The molecule has 3 heterocycles. The first-order valence-electron chi connectivity index (χ1n) is 10.0. The number of nitrogens with zero attached hydrogens (tertiary/aromatic N) is 4. The number of rotatable bonds is 4. The lowest BCUT2D eigenvalue weighted by molar-refractivity contribution is -0.138. The number of hydrogen-bond donors (Lipinski definition) is 2. The predicted octanol–water partition coefficient (Wildman–Crippen LogP) is 4.30. The van der Waals surface area contributed by atoms with Crippen LogP contribution in [0.4, 0.5) is 13.2 Å². The molecule has 0 radical (unpaired) electrons. The van der Waals surface area contributed by atoms with E-state index in [1.807, 2.05) is 0 Å². The first kappa shape index (κ1) is 20.6. The molecule has 0 saturated carbocycles. The van der Waals surface area contributed by atoms with Gasteiger partial charge >= 0.3 is 6.18 Å². The SMILES string of the molecule is O=C(NCc1ccc(-c2ncnc3[nH]ncc23)cc1C(F)(F)F)c1nc2c(s1)CCCC2. The van der Waals surface area contributed by atoms with Crippen molar-refractivity contribution in [1.82, 2.24) is 30.5 Å². The fourth-order valence-corrected chi connectivity index (χ4v) is 4.90. The number of H-pyrrole nitrogens is 1. The summed E-state index contributed by atoms with van der Waals surface area (Å²) in [6.07, 6.45) is 1.98. The summed E-state index contributed by atoms with van der Waals surface area (Å²) in [5, 5.41) is 9.96. The van der Waals surface area contributed by atoms with E-state index in [0.717, 1.165) is 42.3 Å². The number of benzene rings is 1. The van der Waals surface area contributed by atoms with Gasteiger partial charge in [0.1, 0.15) is 6.33 Å². The minimum Gasteiger partial charge on any atom is -0.346 e. The average molecular weight is 458 g/mol. The molecule has 0 atom stereocenters. The zero-order valence-corrected chi connectivity index (χ0v) is 17.5. The monoisotopic (exact) mass is 458 g/mol. The summed E-state index contributed by atoms with van der Waals surface area (Å²) >= 11 is 1.32. The third kappa shape index (κ3) is 3.83. The van der Waals surface area contributed by atoms with Crippen molar-refractivity contribution in [2.75, 3.05) is 0 Å². The van der Waals surface area contributed by atoms with Gasteiger partial charge < -0.3 is 5.32 Å². The summed E-state index contributed by atoms with van der Waals surface area (Å²) in [4.78, 5) is 26.1. The Bertz CT molecular complexity index is 1290. The Kier molecular flexibility index (Phi) is 5.12. The van der Waals surface area contributed by atoms with Crippen molar-refractivity contribution in [3.05, 3.63) is 57.4 Å². The first-order chi connectivity index (χ1) is 15.4. The zero-order chi connectivity index (χ0) is 22.3. The molecule has 1 aliphatic rings. The van der Waals surface area contributed by atoms with Gasteiger partial charge in [-0.3, -0.25) is 9.89 Å². The maximum Gasteiger partial charge on any atom is 0.416 e. The van der Waals surface area contributed by atoms with Gasteiger partial charge in [0.2, 0.25) is 0 Å². The topological polar surface area (TPSA) is 96.5 Å². The van der Waals surface area contributed by atoms with E-state index < -0.39 is 17.6 Å². The minimum absolute atomic E-state index is 0.0339. The number of halogens is 3. The number of thiazole rings is 1. The number of carbonyl (C=O) groups is 1. The molecule has 164 valence electrons. The molecule has 1 aliphatic carbocycles. The second-order valence-corrected chi connectivity index (χ2v) is 8.59. The van der Waals surface area contributed by atoms with E-state index in [1.54, 1.807) is 6.07 Å². The van der Waals surface area contributed by atoms with Crippen molar-refractivity contribution >= 4 is 28.3 Å². The van der Waals surface area contributed by atoms with Crippen LogP contribution in [0.15, 0.2) is 30.7 Å². The Labute approximate surface area is 184 Å². The summed E-state index contributed by atoms with van der Waals surface area (Å²) < 4.78 is 41.5. The Morgan fingerprint density at radius 3 is 2.84 bits per heavy atom. The summed E-state index contributed by atoms with van der Waals surface area (Å²) in [6, 6.07) is 3.95. The van der Waals surface area contributed by atoms with Crippen LogP contribution >= 0.6 is 11.3 Å². The third-order valence-electron chi connectivity index (χ3n) is 5.42. The van der Waals surface area contributed by atoms with E-state index in [2.05, 4.69) is 30.5 Å². The molecule has 3 aromatic heterocycles. The Balaban J connectivity index is 1.42. The summed E-state index contributed by atoms with van der Waals surface area (Å²) in [5.74, 6) is -0.461. The van der Waals surface area contributed by atoms with Crippen LogP contribution in [0.25, 0.3) is 22.3 Å². The van der Waals surface area contributed by atoms with Gasteiger partial charge in [0, 0.05) is 17.0 Å². The third-order valence-corrected chi connectivity index (χ3v) is 6.57. The largest absolute Gasteiger partial charge is 0.416 e. The van der Waals surface area contributed by atoms with Crippen molar-refractivity contribution in [1.29, 1.82) is 0 Å². The number of aromatic amines is 1. The van der Waals surface area contributed by atoms with Gasteiger partial charge in [-0.1, -0.05) is 12.1 Å². The molecule has 2 N–H and O–H groups in total. The maximum absolute atomic E-state index is 13.8. The van der Waals surface area contributed by atoms with Gasteiger partial charge in [0.15, 0.2) is 10.7 Å². The zero-order valence-electron chi connectivity index (χ0n) is 16.7. The van der Waals surface area contributed by atoms with Gasteiger partial charge in [0.05, 0.1) is 28.5 Å². The standard InChI is InChI=1S/C21H17F3N6OS/c22-21(23,24)14-7-11(17-13-9-28-30-18(13)27-10-26-17)5-6-12(14)8-25-19(31)20-29-15-3-1-2-4-16(15)32-20/h5-7,9-10H,1-4,8H2,(H,25,31)(H,26,27,28,30). The van der Waals surface area contributed by atoms with Crippen molar-refractivity contribution in [2.45, 2.75) is 38.4 Å². The number of fused-ring (bicyclic) bond motifs is 2. The van der Waals surface area contributed by atoms with Gasteiger partial charge in [-0.15, -0.1) is 11.3 Å². The first-order valence-corrected chi connectivity index (χ1v) is 10.8. The molecule has 0 fully saturated rings.